The number of hydrogen-bond donors (Lipinski definition) is 5. The molecule has 1 fully saturated rings. The van der Waals surface area contributed by atoms with Crippen molar-refractivity contribution in [3.63, 3.8) is 0 Å². The molecule has 0 saturated carbocycles. The van der Waals surface area contributed by atoms with Crippen LogP contribution < -0.4 is 10.1 Å². The van der Waals surface area contributed by atoms with Crippen molar-refractivity contribution in [3.8, 4) is 0 Å². The number of aromatic nitrogens is 4. The summed E-state index contributed by atoms with van der Waals surface area (Å²) >= 11 is 6.65. The minimum absolute atomic E-state index is 0.191. The number of carbonyl (C=O) groups is 1. The fourth-order valence-electron chi connectivity index (χ4n) is 2.77. The van der Waals surface area contributed by atoms with E-state index >= 15 is 0 Å². The van der Waals surface area contributed by atoms with Gasteiger partial charge in [0.15, 0.2) is 0 Å². The molecule has 1 radical (unpaired) electrons. The monoisotopic (exact) mass is 463 g/mol. The van der Waals surface area contributed by atoms with Gasteiger partial charge in [-0.25, -0.2) is 4.98 Å². The van der Waals surface area contributed by atoms with Crippen LogP contribution in [0.15, 0.2) is 12.7 Å². The first-order valence-corrected chi connectivity index (χ1v) is 9.56. The number of aliphatic hydroxyl groups excluding tert-OH is 2. The van der Waals surface area contributed by atoms with Crippen LogP contribution in [0.3, 0.4) is 0 Å². The molecular formula is C14H19N6O5SSe. The number of anilines is 1. The standard InChI is InChI=1S/C14H19N6O5SSe/c15-11-8-12(17-4-16-11)20(5-18-8)13-10(22)9(21)7(25-13)3-24-14(23)6(19-27)1-2-26/h4-7,9-10,13,19,21-22,26H,1-3H2,(H2,15,16,17)/t6-,7+,9+,10+,13+/m0/s1. The molecule has 5 atom stereocenters. The Bertz CT molecular complexity index is 809. The van der Waals surface area contributed by atoms with Crippen LogP contribution in [0.1, 0.15) is 12.6 Å². The van der Waals surface area contributed by atoms with Gasteiger partial charge in [-0.05, 0) is 0 Å². The second kappa shape index (κ2) is 8.69. The fraction of sp³-hybridized carbons (Fsp3) is 0.571. The Kier molecular flexibility index (Phi) is 6.52. The van der Waals surface area contributed by atoms with Gasteiger partial charge in [-0.1, -0.05) is 0 Å². The third-order valence-electron chi connectivity index (χ3n) is 4.23. The van der Waals surface area contributed by atoms with E-state index in [0.717, 1.165) is 0 Å². The zero-order valence-corrected chi connectivity index (χ0v) is 16.6. The molecule has 0 unspecified atom stereocenters. The van der Waals surface area contributed by atoms with Gasteiger partial charge >= 0.3 is 157 Å². The van der Waals surface area contributed by atoms with Gasteiger partial charge in [-0.2, -0.15) is 0 Å². The van der Waals surface area contributed by atoms with Crippen molar-refractivity contribution >= 4 is 51.8 Å². The van der Waals surface area contributed by atoms with Gasteiger partial charge in [0.05, 0.1) is 0 Å². The van der Waals surface area contributed by atoms with Crippen LogP contribution in [-0.4, -0.2) is 88.6 Å². The molecule has 0 aromatic carbocycles. The van der Waals surface area contributed by atoms with E-state index in [-0.39, 0.29) is 12.4 Å². The summed E-state index contributed by atoms with van der Waals surface area (Å²) in [5.41, 5.74) is 6.47. The number of rotatable bonds is 7. The van der Waals surface area contributed by atoms with Gasteiger partial charge in [0, 0.05) is 0 Å². The van der Waals surface area contributed by atoms with E-state index < -0.39 is 36.6 Å². The molecule has 0 aliphatic carbocycles. The van der Waals surface area contributed by atoms with Gasteiger partial charge in [0.2, 0.25) is 0 Å². The number of aliphatic hydroxyl groups is 2. The number of nitrogen functional groups attached to an aromatic ring is 1. The number of imidazole rings is 1. The zero-order valence-electron chi connectivity index (χ0n) is 14.0. The first kappa shape index (κ1) is 20.3. The minimum atomic E-state index is -1.27. The number of nitrogens with zero attached hydrogens (tertiary/aromatic N) is 4. The third-order valence-corrected chi connectivity index (χ3v) is 5.09. The summed E-state index contributed by atoms with van der Waals surface area (Å²) in [6.07, 6.45) is -1.28. The van der Waals surface area contributed by atoms with Crippen LogP contribution in [0, 0.1) is 0 Å². The normalized spacial score (nSPS) is 26.4. The number of thiol groups is 1. The summed E-state index contributed by atoms with van der Waals surface area (Å²) in [5.74, 6) is 0.178. The topological polar surface area (TPSA) is 158 Å². The van der Waals surface area contributed by atoms with Gasteiger partial charge in [0.1, 0.15) is 0 Å². The van der Waals surface area contributed by atoms with Crippen LogP contribution in [0.5, 0.6) is 0 Å². The Morgan fingerprint density at radius 2 is 2.22 bits per heavy atom. The molecule has 2 aromatic heterocycles. The molecule has 2 aromatic rings. The SMILES string of the molecule is Nc1ncnc2c1ncn2[C@@H]1O[C@H](COC(=O)[C@H](CCS)N[Se])[C@@H](O)[C@H]1O. The number of fused-ring (bicyclic) bond motifs is 1. The second-order valence-electron chi connectivity index (χ2n) is 5.94. The first-order chi connectivity index (χ1) is 13.0. The fourth-order valence-corrected chi connectivity index (χ4v) is 3.48. The van der Waals surface area contributed by atoms with E-state index in [1.807, 2.05) is 0 Å². The average Bonchev–Trinajstić information content (AvgIpc) is 3.21. The van der Waals surface area contributed by atoms with E-state index in [2.05, 4.69) is 48.1 Å². The third kappa shape index (κ3) is 4.04. The van der Waals surface area contributed by atoms with Crippen LogP contribution in [0.25, 0.3) is 11.2 Å². The molecule has 3 heterocycles. The molecule has 1 aliphatic heterocycles. The zero-order chi connectivity index (χ0) is 19.6. The molecule has 3 rings (SSSR count). The van der Waals surface area contributed by atoms with Crippen molar-refractivity contribution < 1.29 is 24.5 Å². The Balaban J connectivity index is 1.70. The molecule has 0 bridgehead atoms. The number of hydrogen-bond acceptors (Lipinski definition) is 11. The molecule has 0 amide bonds. The molecule has 11 nitrogen and oxygen atoms in total. The Morgan fingerprint density at radius 1 is 1.44 bits per heavy atom. The molecule has 0 spiro atoms. The number of ether oxygens (including phenoxy) is 2. The number of nitrogens with two attached hydrogens (primary N) is 1. The molecule has 5 N–H and O–H groups in total. The van der Waals surface area contributed by atoms with E-state index in [0.29, 0.717) is 23.3 Å². The summed E-state index contributed by atoms with van der Waals surface area (Å²) in [7, 11) is 0. The van der Waals surface area contributed by atoms with Crippen molar-refractivity contribution in [2.75, 3.05) is 18.1 Å². The van der Waals surface area contributed by atoms with Gasteiger partial charge in [-0.15, -0.1) is 0 Å². The molecule has 1 aliphatic rings. The first-order valence-electron chi connectivity index (χ1n) is 8.07. The van der Waals surface area contributed by atoms with Crippen molar-refractivity contribution in [3.05, 3.63) is 12.7 Å². The molecule has 13 heteroatoms. The maximum atomic E-state index is 12.0. The van der Waals surface area contributed by atoms with Crippen LogP contribution in [0.2, 0.25) is 0 Å². The van der Waals surface area contributed by atoms with Crippen LogP contribution in [0.4, 0.5) is 5.82 Å². The van der Waals surface area contributed by atoms with E-state index in [1.54, 1.807) is 0 Å². The van der Waals surface area contributed by atoms with Crippen molar-refractivity contribution in [1.82, 2.24) is 23.9 Å². The average molecular weight is 462 g/mol. The Morgan fingerprint density at radius 3 is 2.93 bits per heavy atom. The summed E-state index contributed by atoms with van der Waals surface area (Å²) in [6.45, 7) is -0.220. The predicted molar refractivity (Wildman–Crippen MR) is 97.8 cm³/mol. The maximum absolute atomic E-state index is 12.0. The Labute approximate surface area is 168 Å². The quantitative estimate of drug-likeness (QED) is 0.176. The molecule has 1 saturated heterocycles. The number of nitrogens with one attached hydrogen (secondary N) is 1. The second-order valence-corrected chi connectivity index (χ2v) is 6.88. The van der Waals surface area contributed by atoms with Crippen molar-refractivity contribution in [1.29, 1.82) is 0 Å². The van der Waals surface area contributed by atoms with Gasteiger partial charge in [-0.3, -0.25) is 0 Å². The van der Waals surface area contributed by atoms with Crippen LogP contribution >= 0.6 is 12.6 Å². The van der Waals surface area contributed by atoms with Gasteiger partial charge < -0.3 is 5.73 Å². The van der Waals surface area contributed by atoms with Gasteiger partial charge in [0.25, 0.3) is 0 Å². The van der Waals surface area contributed by atoms with E-state index in [1.165, 1.54) is 17.2 Å². The Hall–Kier alpha value is -1.47. The van der Waals surface area contributed by atoms with Crippen molar-refractivity contribution in [2.45, 2.75) is 37.0 Å². The summed E-state index contributed by atoms with van der Waals surface area (Å²) in [4.78, 5) is 24.1. The molecule has 147 valence electrons. The van der Waals surface area contributed by atoms with Crippen molar-refractivity contribution in [2.24, 2.45) is 0 Å². The molecular weight excluding hydrogens is 443 g/mol. The molecule has 27 heavy (non-hydrogen) atoms. The van der Waals surface area contributed by atoms with E-state index in [9.17, 15) is 15.0 Å². The number of carbonyl (C=O) groups excluding carboxylic acids is 1. The summed E-state index contributed by atoms with van der Waals surface area (Å²) in [6, 6.07) is -0.556. The van der Waals surface area contributed by atoms with Crippen LogP contribution in [-0.2, 0) is 14.3 Å². The predicted octanol–water partition coefficient (Wildman–Crippen LogP) is -2.07. The number of esters is 1. The summed E-state index contributed by atoms with van der Waals surface area (Å²) in [5, 5.41) is 20.6. The van der Waals surface area contributed by atoms with E-state index in [4.69, 9.17) is 15.2 Å². The summed E-state index contributed by atoms with van der Waals surface area (Å²) < 4.78 is 15.1.